The van der Waals surface area contributed by atoms with Crippen molar-refractivity contribution in [1.82, 2.24) is 15.5 Å². The van der Waals surface area contributed by atoms with E-state index in [9.17, 15) is 14.4 Å². The number of rotatable bonds is 6. The van der Waals surface area contributed by atoms with Gasteiger partial charge >= 0.3 is 6.03 Å². The van der Waals surface area contributed by atoms with E-state index in [1.807, 2.05) is 0 Å². The second-order valence-corrected chi connectivity index (χ2v) is 5.08. The van der Waals surface area contributed by atoms with Crippen LogP contribution in [0.4, 0.5) is 4.79 Å². The summed E-state index contributed by atoms with van der Waals surface area (Å²) in [6.07, 6.45) is 1.53. The lowest BCUT2D eigenvalue weighted by atomic mass is 10.1. The molecule has 0 aliphatic carbocycles. The largest absolute Gasteiger partial charge is 0.351 e. The van der Waals surface area contributed by atoms with Crippen LogP contribution in [0.5, 0.6) is 0 Å². The van der Waals surface area contributed by atoms with Crippen LogP contribution in [-0.2, 0) is 9.59 Å². The number of hydrogen-bond acceptors (Lipinski definition) is 6. The molecule has 1 unspecified atom stereocenters. The van der Waals surface area contributed by atoms with E-state index in [-0.39, 0.29) is 43.3 Å². The summed E-state index contributed by atoms with van der Waals surface area (Å²) in [5.74, 6) is -0.703. The van der Waals surface area contributed by atoms with Crippen LogP contribution in [0.2, 0.25) is 0 Å². The highest BCUT2D eigenvalue weighted by atomic mass is 35.5. The van der Waals surface area contributed by atoms with Crippen LogP contribution in [0.15, 0.2) is 4.99 Å². The molecular formula is C12H24ClN7O3. The highest BCUT2D eigenvalue weighted by Crippen LogP contribution is 2.07. The Labute approximate surface area is 140 Å². The molecule has 1 heterocycles. The van der Waals surface area contributed by atoms with Crippen LogP contribution in [0.3, 0.4) is 0 Å². The van der Waals surface area contributed by atoms with Gasteiger partial charge in [-0.25, -0.2) is 9.79 Å². The van der Waals surface area contributed by atoms with Crippen molar-refractivity contribution in [2.24, 2.45) is 22.2 Å². The average Bonchev–Trinajstić information content (AvgIpc) is 2.43. The molecule has 0 aromatic rings. The monoisotopic (exact) mass is 349 g/mol. The number of urea groups is 1. The molecule has 8 N–H and O–H groups in total. The Morgan fingerprint density at radius 1 is 1.52 bits per heavy atom. The van der Waals surface area contributed by atoms with Crippen LogP contribution in [0.25, 0.3) is 0 Å². The van der Waals surface area contributed by atoms with Crippen molar-refractivity contribution in [3.63, 3.8) is 0 Å². The number of nitrogens with zero attached hydrogens (tertiary/aromatic N) is 2. The van der Waals surface area contributed by atoms with Crippen LogP contribution in [0.1, 0.15) is 19.3 Å². The Bertz CT molecular complexity index is 472. The number of carbonyl (C=O) groups is 3. The summed E-state index contributed by atoms with van der Waals surface area (Å²) in [5.41, 5.74) is 16.2. The van der Waals surface area contributed by atoms with E-state index in [2.05, 4.69) is 15.6 Å². The predicted molar refractivity (Wildman–Crippen MR) is 87.9 cm³/mol. The lowest BCUT2D eigenvalue weighted by Gasteiger charge is -2.30. The maximum Gasteiger partial charge on any atom is 0.318 e. The van der Waals surface area contributed by atoms with E-state index in [1.165, 1.54) is 11.9 Å². The standard InChI is InChI=1S/C12H23N7O3.ClH/c1-19(9(20)5-7(14)3-2-4-13)8-6-16-12(17-10(8)21)18-11(15)22;/h7-8H,2-6,13-14H2,1H3,(H4,15,16,17,18,21,22);1H/t7-,8?;/m0./s1. The number of nitrogens with one attached hydrogen (secondary N) is 2. The Balaban J connectivity index is 0.00000484. The summed E-state index contributed by atoms with van der Waals surface area (Å²) < 4.78 is 0. The molecule has 0 saturated carbocycles. The summed E-state index contributed by atoms with van der Waals surface area (Å²) >= 11 is 0. The summed E-state index contributed by atoms with van der Waals surface area (Å²) in [5, 5.41) is 4.56. The second kappa shape index (κ2) is 9.98. The van der Waals surface area contributed by atoms with Gasteiger partial charge in [0, 0.05) is 19.5 Å². The third kappa shape index (κ3) is 6.80. The number of hydrogen-bond donors (Lipinski definition) is 5. The average molecular weight is 350 g/mol. The van der Waals surface area contributed by atoms with E-state index in [0.717, 1.165) is 6.42 Å². The van der Waals surface area contributed by atoms with Gasteiger partial charge in [-0.05, 0) is 19.4 Å². The number of nitrogens with two attached hydrogens (primary N) is 3. The molecule has 132 valence electrons. The molecule has 2 atom stereocenters. The third-order valence-electron chi connectivity index (χ3n) is 3.28. The first kappa shape index (κ1) is 21.1. The van der Waals surface area contributed by atoms with Crippen molar-refractivity contribution >= 4 is 36.2 Å². The number of primary amides is 1. The molecule has 4 amide bonds. The zero-order valence-corrected chi connectivity index (χ0v) is 13.8. The third-order valence-corrected chi connectivity index (χ3v) is 3.28. The Kier molecular flexibility index (Phi) is 9.15. The molecule has 0 aromatic carbocycles. The number of halogens is 1. The van der Waals surface area contributed by atoms with Crippen LogP contribution in [0, 0.1) is 0 Å². The first-order valence-corrected chi connectivity index (χ1v) is 6.98. The minimum Gasteiger partial charge on any atom is -0.351 e. The molecular weight excluding hydrogens is 326 g/mol. The molecule has 0 saturated heterocycles. The van der Waals surface area contributed by atoms with Crippen molar-refractivity contribution in [2.75, 3.05) is 20.1 Å². The molecule has 0 aromatic heterocycles. The van der Waals surface area contributed by atoms with Gasteiger partial charge in [0.05, 0.1) is 6.54 Å². The lowest BCUT2D eigenvalue weighted by molar-refractivity contribution is -0.138. The molecule has 1 aliphatic heterocycles. The number of likely N-dealkylation sites (N-methyl/N-ethyl adjacent to an activating group) is 1. The molecule has 11 heteroatoms. The SMILES string of the molecule is CN(C(=O)C[C@@H](N)CCCN)C1CN=C(NC(N)=O)NC1=O.Cl. The number of carbonyl (C=O) groups excluding carboxylic acids is 3. The van der Waals surface area contributed by atoms with Crippen molar-refractivity contribution in [2.45, 2.75) is 31.3 Å². The van der Waals surface area contributed by atoms with Gasteiger partial charge in [-0.15, -0.1) is 12.4 Å². The fraction of sp³-hybridized carbons (Fsp3) is 0.667. The van der Waals surface area contributed by atoms with Gasteiger partial charge in [-0.1, -0.05) is 0 Å². The predicted octanol–water partition coefficient (Wildman–Crippen LogP) is -2.15. The maximum atomic E-state index is 12.1. The van der Waals surface area contributed by atoms with Crippen LogP contribution in [-0.4, -0.2) is 60.9 Å². The summed E-state index contributed by atoms with van der Waals surface area (Å²) in [4.78, 5) is 40.1. The molecule has 1 rings (SSSR count). The molecule has 1 aliphatic rings. The van der Waals surface area contributed by atoms with Crippen LogP contribution >= 0.6 is 12.4 Å². The van der Waals surface area contributed by atoms with Gasteiger partial charge in [-0.3, -0.25) is 20.2 Å². The van der Waals surface area contributed by atoms with Gasteiger partial charge < -0.3 is 22.1 Å². The molecule has 0 bridgehead atoms. The zero-order chi connectivity index (χ0) is 16.7. The van der Waals surface area contributed by atoms with E-state index in [1.54, 1.807) is 0 Å². The number of guanidine groups is 1. The molecule has 23 heavy (non-hydrogen) atoms. The quantitative estimate of drug-likeness (QED) is 0.367. The molecule has 0 fully saturated rings. The molecule has 10 nitrogen and oxygen atoms in total. The highest BCUT2D eigenvalue weighted by Gasteiger charge is 2.31. The van der Waals surface area contributed by atoms with E-state index < -0.39 is 18.0 Å². The Hall–Kier alpha value is -1.91. The number of amides is 4. The fourth-order valence-corrected chi connectivity index (χ4v) is 2.01. The summed E-state index contributed by atoms with van der Waals surface area (Å²) in [6, 6.07) is -1.86. The summed E-state index contributed by atoms with van der Waals surface area (Å²) in [7, 11) is 1.52. The fourth-order valence-electron chi connectivity index (χ4n) is 2.01. The first-order valence-electron chi connectivity index (χ1n) is 6.98. The van der Waals surface area contributed by atoms with E-state index in [0.29, 0.717) is 13.0 Å². The lowest BCUT2D eigenvalue weighted by Crippen LogP contribution is -2.58. The summed E-state index contributed by atoms with van der Waals surface area (Å²) in [6.45, 7) is 0.564. The normalized spacial score (nSPS) is 18.1. The van der Waals surface area contributed by atoms with Crippen molar-refractivity contribution < 1.29 is 14.4 Å². The maximum absolute atomic E-state index is 12.1. The first-order chi connectivity index (χ1) is 10.3. The van der Waals surface area contributed by atoms with E-state index in [4.69, 9.17) is 17.2 Å². The van der Waals surface area contributed by atoms with Crippen molar-refractivity contribution in [3.05, 3.63) is 0 Å². The van der Waals surface area contributed by atoms with Crippen molar-refractivity contribution in [3.8, 4) is 0 Å². The van der Waals surface area contributed by atoms with Crippen LogP contribution < -0.4 is 27.8 Å². The van der Waals surface area contributed by atoms with E-state index >= 15 is 0 Å². The molecule has 0 spiro atoms. The zero-order valence-electron chi connectivity index (χ0n) is 12.9. The Morgan fingerprint density at radius 2 is 2.17 bits per heavy atom. The van der Waals surface area contributed by atoms with Gasteiger partial charge in [0.2, 0.25) is 11.9 Å². The van der Waals surface area contributed by atoms with Gasteiger partial charge in [0.25, 0.3) is 5.91 Å². The topological polar surface area (TPSA) is 169 Å². The highest BCUT2D eigenvalue weighted by molar-refractivity contribution is 6.07. The minimum absolute atomic E-state index is 0. The van der Waals surface area contributed by atoms with Gasteiger partial charge in [0.1, 0.15) is 6.04 Å². The molecule has 0 radical (unpaired) electrons. The van der Waals surface area contributed by atoms with Crippen molar-refractivity contribution in [1.29, 1.82) is 0 Å². The second-order valence-electron chi connectivity index (χ2n) is 5.08. The van der Waals surface area contributed by atoms with Gasteiger partial charge in [-0.2, -0.15) is 0 Å². The minimum atomic E-state index is -0.826. The van der Waals surface area contributed by atoms with Gasteiger partial charge in [0.15, 0.2) is 0 Å². The smallest absolute Gasteiger partial charge is 0.318 e. The number of aliphatic imine (C=N–C) groups is 1. The Morgan fingerprint density at radius 3 is 2.70 bits per heavy atom.